The fraction of sp³-hybridized carbons (Fsp3) is 0.278. The number of carbonyl (C=O) groups is 2. The van der Waals surface area contributed by atoms with E-state index in [1.807, 2.05) is 71.4 Å². The first-order valence-electron chi connectivity index (χ1n) is 15.3. The molecule has 1 N–H and O–H groups in total. The van der Waals surface area contributed by atoms with E-state index >= 15 is 0 Å². The minimum Gasteiger partial charge on any atom is -0.493 e. The first kappa shape index (κ1) is 29.9. The Bertz CT molecular complexity index is 1820. The number of fused-ring (bicyclic) bond motifs is 1. The predicted molar refractivity (Wildman–Crippen MR) is 174 cm³/mol. The van der Waals surface area contributed by atoms with Crippen LogP contribution in [0.1, 0.15) is 57.6 Å². The second kappa shape index (κ2) is 13.2. The highest BCUT2D eigenvalue weighted by Crippen LogP contribution is 2.36. The normalized spacial score (nSPS) is 12.6. The molecule has 2 aromatic heterocycles. The van der Waals surface area contributed by atoms with Gasteiger partial charge in [-0.05, 0) is 86.6 Å². The number of aromatic nitrogens is 3. The van der Waals surface area contributed by atoms with Crippen molar-refractivity contribution in [3.8, 4) is 16.9 Å². The standard InChI is InChI=1S/C36H37N5O4/c1-24-11-7-17-33(25(24)2)44-20-10-18-34(42)41-19-9-15-30-29(14-8-16-32(30)41)28-21-37-40(22-28)23-31-26(3)39-45-36(31)38-35(43)27-12-5-4-6-13-27/h4-8,11-14,16-17,21-22H,9-10,15,18-20,23H2,1-3H3,(H,38,43). The van der Waals surface area contributed by atoms with Gasteiger partial charge in [-0.25, -0.2) is 0 Å². The maximum atomic E-state index is 13.4. The SMILES string of the molecule is Cc1cccc(OCCCC(=O)N2CCCc3c(-c4cnn(Cc5c(C)noc5NC(=O)c5ccccc5)c4)cccc32)c1C. The zero-order valence-corrected chi connectivity index (χ0v) is 25.9. The highest BCUT2D eigenvalue weighted by Gasteiger charge is 2.25. The number of rotatable bonds is 10. The van der Waals surface area contributed by atoms with Crippen LogP contribution in [0.4, 0.5) is 11.6 Å². The molecule has 0 fully saturated rings. The molecule has 5 aromatic rings. The molecular formula is C36H37N5O4. The van der Waals surface area contributed by atoms with Crippen LogP contribution in [0.15, 0.2) is 83.6 Å². The maximum absolute atomic E-state index is 13.4. The number of hydrogen-bond donors (Lipinski definition) is 1. The molecule has 1 aliphatic rings. The molecule has 1 aliphatic heterocycles. The third-order valence-corrected chi connectivity index (χ3v) is 8.41. The predicted octanol–water partition coefficient (Wildman–Crippen LogP) is 6.90. The monoisotopic (exact) mass is 603 g/mol. The molecule has 0 saturated carbocycles. The third kappa shape index (κ3) is 6.52. The summed E-state index contributed by atoms with van der Waals surface area (Å²) in [5, 5.41) is 11.5. The van der Waals surface area contributed by atoms with E-state index in [0.717, 1.165) is 52.1 Å². The van der Waals surface area contributed by atoms with Gasteiger partial charge in [0.1, 0.15) is 5.75 Å². The Labute approximate surface area is 262 Å². The molecule has 2 amide bonds. The lowest BCUT2D eigenvalue weighted by Gasteiger charge is -2.31. The first-order valence-corrected chi connectivity index (χ1v) is 15.3. The molecule has 45 heavy (non-hydrogen) atoms. The number of benzene rings is 3. The highest BCUT2D eigenvalue weighted by molar-refractivity contribution is 6.03. The lowest BCUT2D eigenvalue weighted by atomic mass is 9.93. The van der Waals surface area contributed by atoms with Gasteiger partial charge in [-0.1, -0.05) is 47.6 Å². The van der Waals surface area contributed by atoms with Gasteiger partial charge in [-0.2, -0.15) is 5.10 Å². The van der Waals surface area contributed by atoms with Crippen molar-refractivity contribution in [3.05, 3.63) is 113 Å². The van der Waals surface area contributed by atoms with E-state index in [9.17, 15) is 9.59 Å². The largest absolute Gasteiger partial charge is 0.493 e. The Hall–Kier alpha value is -5.18. The molecule has 9 heteroatoms. The maximum Gasteiger partial charge on any atom is 0.258 e. The lowest BCUT2D eigenvalue weighted by molar-refractivity contribution is -0.118. The fourth-order valence-electron chi connectivity index (χ4n) is 5.76. The van der Waals surface area contributed by atoms with Crippen LogP contribution in [0.25, 0.3) is 11.1 Å². The van der Waals surface area contributed by atoms with E-state index in [1.165, 1.54) is 5.56 Å². The van der Waals surface area contributed by atoms with Crippen LogP contribution in [-0.2, 0) is 17.8 Å². The number of nitrogens with zero attached hydrogens (tertiary/aromatic N) is 4. The number of ether oxygens (including phenoxy) is 1. The summed E-state index contributed by atoms with van der Waals surface area (Å²) >= 11 is 0. The summed E-state index contributed by atoms with van der Waals surface area (Å²) in [6.07, 6.45) is 6.68. The highest BCUT2D eigenvalue weighted by atomic mass is 16.5. The van der Waals surface area contributed by atoms with Crippen LogP contribution in [0.5, 0.6) is 5.75 Å². The summed E-state index contributed by atoms with van der Waals surface area (Å²) in [7, 11) is 0. The van der Waals surface area contributed by atoms with Gasteiger partial charge in [-0.3, -0.25) is 19.6 Å². The number of anilines is 2. The van der Waals surface area contributed by atoms with Gasteiger partial charge in [0.25, 0.3) is 5.91 Å². The molecule has 0 unspecified atom stereocenters. The van der Waals surface area contributed by atoms with Crippen molar-refractivity contribution >= 4 is 23.4 Å². The van der Waals surface area contributed by atoms with E-state index in [-0.39, 0.29) is 11.8 Å². The second-order valence-electron chi connectivity index (χ2n) is 11.4. The Kier molecular flexibility index (Phi) is 8.77. The first-order chi connectivity index (χ1) is 21.9. The molecule has 3 heterocycles. The number of carbonyl (C=O) groups excluding carboxylic acids is 2. The summed E-state index contributed by atoms with van der Waals surface area (Å²) in [4.78, 5) is 28.0. The van der Waals surface area contributed by atoms with Crippen LogP contribution in [-0.4, -0.2) is 39.9 Å². The molecule has 9 nitrogen and oxygen atoms in total. The molecule has 0 bridgehead atoms. The topological polar surface area (TPSA) is 102 Å². The zero-order valence-electron chi connectivity index (χ0n) is 25.9. The lowest BCUT2D eigenvalue weighted by Crippen LogP contribution is -2.35. The molecule has 6 rings (SSSR count). The average molecular weight is 604 g/mol. The minimum atomic E-state index is -0.266. The van der Waals surface area contributed by atoms with Crippen LogP contribution >= 0.6 is 0 Å². The van der Waals surface area contributed by atoms with Gasteiger partial charge >= 0.3 is 0 Å². The van der Waals surface area contributed by atoms with E-state index in [2.05, 4.69) is 41.6 Å². The van der Waals surface area contributed by atoms with Gasteiger partial charge in [0.15, 0.2) is 0 Å². The molecule has 0 spiro atoms. The summed E-state index contributed by atoms with van der Waals surface area (Å²) in [6.45, 7) is 7.55. The summed E-state index contributed by atoms with van der Waals surface area (Å²) in [5.41, 5.74) is 8.44. The van der Waals surface area contributed by atoms with E-state index in [4.69, 9.17) is 9.26 Å². The van der Waals surface area contributed by atoms with Crippen LogP contribution in [0.2, 0.25) is 0 Å². The Morgan fingerprint density at radius 2 is 1.82 bits per heavy atom. The Morgan fingerprint density at radius 3 is 2.67 bits per heavy atom. The van der Waals surface area contributed by atoms with Gasteiger partial charge in [0.05, 0.1) is 30.6 Å². The molecule has 0 radical (unpaired) electrons. The van der Waals surface area contributed by atoms with Crippen molar-refractivity contribution in [2.45, 2.75) is 53.0 Å². The third-order valence-electron chi connectivity index (χ3n) is 8.41. The smallest absolute Gasteiger partial charge is 0.258 e. The van der Waals surface area contributed by atoms with Gasteiger partial charge in [0.2, 0.25) is 11.8 Å². The fourth-order valence-corrected chi connectivity index (χ4v) is 5.76. The number of amides is 2. The van der Waals surface area contributed by atoms with Crippen LogP contribution in [0.3, 0.4) is 0 Å². The quantitative estimate of drug-likeness (QED) is 0.174. The minimum absolute atomic E-state index is 0.112. The molecule has 230 valence electrons. The van der Waals surface area contributed by atoms with Gasteiger partial charge in [-0.15, -0.1) is 0 Å². The van der Waals surface area contributed by atoms with Crippen molar-refractivity contribution in [2.24, 2.45) is 0 Å². The van der Waals surface area contributed by atoms with Crippen molar-refractivity contribution < 1.29 is 18.8 Å². The van der Waals surface area contributed by atoms with Gasteiger partial charge in [0, 0.05) is 36.0 Å². The van der Waals surface area contributed by atoms with Crippen molar-refractivity contribution in [3.63, 3.8) is 0 Å². The summed E-state index contributed by atoms with van der Waals surface area (Å²) in [6, 6.07) is 21.1. The van der Waals surface area contributed by atoms with E-state index in [0.29, 0.717) is 49.7 Å². The van der Waals surface area contributed by atoms with Crippen LogP contribution in [0, 0.1) is 20.8 Å². The summed E-state index contributed by atoms with van der Waals surface area (Å²) < 4.78 is 13.3. The molecule has 0 saturated heterocycles. The number of hydrogen-bond acceptors (Lipinski definition) is 6. The number of aryl methyl sites for hydroxylation is 2. The Balaban J connectivity index is 1.13. The van der Waals surface area contributed by atoms with Crippen molar-refractivity contribution in [1.29, 1.82) is 0 Å². The van der Waals surface area contributed by atoms with Crippen molar-refractivity contribution in [1.82, 2.24) is 14.9 Å². The van der Waals surface area contributed by atoms with E-state index < -0.39 is 0 Å². The Morgan fingerprint density at radius 1 is 1.00 bits per heavy atom. The zero-order chi connectivity index (χ0) is 31.3. The number of nitrogens with one attached hydrogen (secondary N) is 1. The second-order valence-corrected chi connectivity index (χ2v) is 11.4. The molecule has 0 atom stereocenters. The molecule has 0 aliphatic carbocycles. The van der Waals surface area contributed by atoms with Crippen LogP contribution < -0.4 is 15.0 Å². The van der Waals surface area contributed by atoms with Crippen molar-refractivity contribution in [2.75, 3.05) is 23.4 Å². The molecule has 3 aromatic carbocycles. The van der Waals surface area contributed by atoms with E-state index in [1.54, 1.807) is 12.1 Å². The molecular weight excluding hydrogens is 566 g/mol. The summed E-state index contributed by atoms with van der Waals surface area (Å²) in [5.74, 6) is 1.03. The average Bonchev–Trinajstić information content (AvgIpc) is 3.67. The van der Waals surface area contributed by atoms with Gasteiger partial charge < -0.3 is 14.2 Å².